The van der Waals surface area contributed by atoms with Crippen LogP contribution in [0.25, 0.3) is 6.08 Å². The summed E-state index contributed by atoms with van der Waals surface area (Å²) in [5, 5.41) is 32.2. The molecule has 1 aliphatic rings. The van der Waals surface area contributed by atoms with E-state index in [0.717, 1.165) is 11.3 Å². The van der Waals surface area contributed by atoms with E-state index in [2.05, 4.69) is 11.9 Å². The number of aliphatic hydroxyl groups is 3. The number of rotatable bonds is 3. The van der Waals surface area contributed by atoms with Gasteiger partial charge in [-0.15, -0.1) is 0 Å². The van der Waals surface area contributed by atoms with E-state index in [1.807, 2.05) is 24.3 Å². The van der Waals surface area contributed by atoms with Gasteiger partial charge < -0.3 is 25.4 Å². The van der Waals surface area contributed by atoms with Gasteiger partial charge in [0.25, 0.3) is 0 Å². The van der Waals surface area contributed by atoms with Crippen molar-refractivity contribution in [1.82, 2.24) is 0 Å². The number of anilines is 1. The second-order valence-electron chi connectivity index (χ2n) is 4.70. The van der Waals surface area contributed by atoms with E-state index in [0.29, 0.717) is 0 Å². The van der Waals surface area contributed by atoms with Crippen molar-refractivity contribution >= 4 is 11.8 Å². The van der Waals surface area contributed by atoms with E-state index in [1.54, 1.807) is 13.0 Å². The molecular formula is C14H19NO4. The van der Waals surface area contributed by atoms with E-state index in [9.17, 15) is 15.3 Å². The minimum atomic E-state index is -1.23. The summed E-state index contributed by atoms with van der Waals surface area (Å²) in [5.41, 5.74) is 1.74. The molecule has 0 amide bonds. The SMILES string of the molecule is C=Cc1ccc(NC2O[C@@H](C)[C@H](O)[C@@H](O)[C@H]2O)cc1. The van der Waals surface area contributed by atoms with E-state index in [1.165, 1.54) is 0 Å². The Morgan fingerprint density at radius 2 is 1.74 bits per heavy atom. The van der Waals surface area contributed by atoms with E-state index in [4.69, 9.17) is 4.74 Å². The summed E-state index contributed by atoms with van der Waals surface area (Å²) in [6.45, 7) is 5.32. The van der Waals surface area contributed by atoms with Gasteiger partial charge in [-0.25, -0.2) is 0 Å². The monoisotopic (exact) mass is 265 g/mol. The Labute approximate surface area is 112 Å². The predicted octanol–water partition coefficient (Wildman–Crippen LogP) is 0.569. The molecule has 0 radical (unpaired) electrons. The standard InChI is InChI=1S/C14H19NO4/c1-3-9-4-6-10(7-5-9)15-14-13(18)12(17)11(16)8(2)19-14/h3-8,11-18H,1H2,2H3/t8-,11-,12+,13+,14?/m0/s1. The van der Waals surface area contributed by atoms with Crippen molar-refractivity contribution in [2.24, 2.45) is 0 Å². The van der Waals surface area contributed by atoms with E-state index >= 15 is 0 Å². The summed E-state index contributed by atoms with van der Waals surface area (Å²) in [7, 11) is 0. The second-order valence-corrected chi connectivity index (χ2v) is 4.70. The second kappa shape index (κ2) is 5.71. The fourth-order valence-electron chi connectivity index (χ4n) is 2.05. The van der Waals surface area contributed by atoms with Crippen molar-refractivity contribution in [1.29, 1.82) is 0 Å². The number of hydrogen-bond donors (Lipinski definition) is 4. The lowest BCUT2D eigenvalue weighted by atomic mass is 9.99. The molecule has 0 spiro atoms. The number of hydrogen-bond acceptors (Lipinski definition) is 5. The van der Waals surface area contributed by atoms with Crippen LogP contribution in [0, 0.1) is 0 Å². The lowest BCUT2D eigenvalue weighted by Gasteiger charge is -2.39. The molecule has 1 saturated heterocycles. The van der Waals surface area contributed by atoms with Gasteiger partial charge in [-0.3, -0.25) is 0 Å². The summed E-state index contributed by atoms with van der Waals surface area (Å²) >= 11 is 0. The van der Waals surface area contributed by atoms with Crippen molar-refractivity contribution < 1.29 is 20.1 Å². The Balaban J connectivity index is 2.07. The molecule has 0 bridgehead atoms. The zero-order valence-electron chi connectivity index (χ0n) is 10.7. The fourth-order valence-corrected chi connectivity index (χ4v) is 2.05. The Hall–Kier alpha value is -1.40. The van der Waals surface area contributed by atoms with Gasteiger partial charge in [-0.2, -0.15) is 0 Å². The smallest absolute Gasteiger partial charge is 0.157 e. The highest BCUT2D eigenvalue weighted by Crippen LogP contribution is 2.22. The van der Waals surface area contributed by atoms with Crippen LogP contribution in [-0.4, -0.2) is 46.0 Å². The van der Waals surface area contributed by atoms with Gasteiger partial charge in [-0.1, -0.05) is 24.8 Å². The number of nitrogens with one attached hydrogen (secondary N) is 1. The van der Waals surface area contributed by atoms with Crippen LogP contribution < -0.4 is 5.32 Å². The minimum Gasteiger partial charge on any atom is -0.388 e. The third-order valence-corrected chi connectivity index (χ3v) is 3.31. The van der Waals surface area contributed by atoms with Crippen LogP contribution >= 0.6 is 0 Å². The van der Waals surface area contributed by atoms with Gasteiger partial charge >= 0.3 is 0 Å². The molecule has 2 rings (SSSR count). The molecule has 1 aromatic carbocycles. The van der Waals surface area contributed by atoms with Crippen LogP contribution in [0.2, 0.25) is 0 Å². The molecule has 1 heterocycles. The van der Waals surface area contributed by atoms with Gasteiger partial charge in [0.15, 0.2) is 6.23 Å². The van der Waals surface area contributed by atoms with Crippen molar-refractivity contribution in [3.8, 4) is 0 Å². The first kappa shape index (κ1) is 14.0. The molecule has 5 heteroatoms. The Kier molecular flexibility index (Phi) is 4.21. The molecule has 4 N–H and O–H groups in total. The van der Waals surface area contributed by atoms with Gasteiger partial charge in [0.2, 0.25) is 0 Å². The number of ether oxygens (including phenoxy) is 1. The average Bonchev–Trinajstić information content (AvgIpc) is 2.43. The maximum atomic E-state index is 9.87. The molecule has 5 nitrogen and oxygen atoms in total. The topological polar surface area (TPSA) is 82.0 Å². The van der Waals surface area contributed by atoms with Gasteiger partial charge in [0.1, 0.15) is 18.3 Å². The van der Waals surface area contributed by atoms with Crippen LogP contribution in [0.1, 0.15) is 12.5 Å². The van der Waals surface area contributed by atoms with Crippen LogP contribution in [0.4, 0.5) is 5.69 Å². The van der Waals surface area contributed by atoms with Crippen molar-refractivity contribution in [2.75, 3.05) is 5.32 Å². The molecule has 0 saturated carbocycles. The minimum absolute atomic E-state index is 0.552. The summed E-state index contributed by atoms with van der Waals surface area (Å²) in [4.78, 5) is 0. The van der Waals surface area contributed by atoms with Crippen LogP contribution in [0.3, 0.4) is 0 Å². The molecule has 0 aromatic heterocycles. The summed E-state index contributed by atoms with van der Waals surface area (Å²) < 4.78 is 5.45. The van der Waals surface area contributed by atoms with Crippen LogP contribution in [0.5, 0.6) is 0 Å². The normalized spacial score (nSPS) is 34.8. The fraction of sp³-hybridized carbons (Fsp3) is 0.429. The van der Waals surface area contributed by atoms with E-state index in [-0.39, 0.29) is 0 Å². The van der Waals surface area contributed by atoms with Crippen molar-refractivity contribution in [2.45, 2.75) is 37.6 Å². The van der Waals surface area contributed by atoms with Crippen LogP contribution in [-0.2, 0) is 4.74 Å². The molecule has 1 fully saturated rings. The summed E-state index contributed by atoms with van der Waals surface area (Å²) in [6.07, 6.45) is -3.08. The molecule has 5 atom stereocenters. The molecule has 104 valence electrons. The van der Waals surface area contributed by atoms with Crippen molar-refractivity contribution in [3.63, 3.8) is 0 Å². The highest BCUT2D eigenvalue weighted by molar-refractivity contribution is 5.53. The van der Waals surface area contributed by atoms with Crippen LogP contribution in [0.15, 0.2) is 30.8 Å². The number of benzene rings is 1. The summed E-state index contributed by atoms with van der Waals surface area (Å²) in [5.74, 6) is 0. The first-order valence-electron chi connectivity index (χ1n) is 6.21. The molecule has 1 aromatic rings. The largest absolute Gasteiger partial charge is 0.388 e. The lowest BCUT2D eigenvalue weighted by Crippen LogP contribution is -2.58. The molecule has 0 aliphatic carbocycles. The first-order chi connectivity index (χ1) is 9.02. The maximum Gasteiger partial charge on any atom is 0.157 e. The van der Waals surface area contributed by atoms with Gasteiger partial charge in [-0.05, 0) is 24.6 Å². The van der Waals surface area contributed by atoms with E-state index < -0.39 is 30.6 Å². The zero-order chi connectivity index (χ0) is 14.0. The molecule has 1 unspecified atom stereocenters. The third-order valence-electron chi connectivity index (χ3n) is 3.31. The maximum absolute atomic E-state index is 9.87. The van der Waals surface area contributed by atoms with Crippen molar-refractivity contribution in [3.05, 3.63) is 36.4 Å². The Morgan fingerprint density at radius 1 is 1.11 bits per heavy atom. The summed E-state index contributed by atoms with van der Waals surface area (Å²) in [6, 6.07) is 7.41. The number of aliphatic hydroxyl groups excluding tert-OH is 3. The van der Waals surface area contributed by atoms with Gasteiger partial charge in [0, 0.05) is 5.69 Å². The molecule has 19 heavy (non-hydrogen) atoms. The predicted molar refractivity (Wildman–Crippen MR) is 72.5 cm³/mol. The Bertz CT molecular complexity index is 434. The third kappa shape index (κ3) is 2.96. The highest BCUT2D eigenvalue weighted by atomic mass is 16.5. The highest BCUT2D eigenvalue weighted by Gasteiger charge is 2.41. The molecule has 1 aliphatic heterocycles. The first-order valence-corrected chi connectivity index (χ1v) is 6.21. The molecular weight excluding hydrogens is 246 g/mol. The van der Waals surface area contributed by atoms with Gasteiger partial charge in [0.05, 0.1) is 6.10 Å². The lowest BCUT2D eigenvalue weighted by molar-refractivity contribution is -0.209. The zero-order valence-corrected chi connectivity index (χ0v) is 10.7. The Morgan fingerprint density at radius 3 is 2.32 bits per heavy atom. The average molecular weight is 265 g/mol. The quantitative estimate of drug-likeness (QED) is 0.642.